The topological polar surface area (TPSA) is 53.5 Å². The molecule has 1 aromatic rings. The molecule has 0 bridgehead atoms. The van der Waals surface area contributed by atoms with Gasteiger partial charge in [0.25, 0.3) is 0 Å². The fourth-order valence-electron chi connectivity index (χ4n) is 3.36. The molecule has 2 rings (SSSR count). The molecular weight excluding hydrogens is 350 g/mol. The molecule has 0 amide bonds. The Kier molecular flexibility index (Phi) is 7.50. The highest BCUT2D eigenvalue weighted by atomic mass is 32.2. The Morgan fingerprint density at radius 3 is 2.56 bits per heavy atom. The van der Waals surface area contributed by atoms with E-state index in [1.54, 1.807) is 7.05 Å². The van der Waals surface area contributed by atoms with E-state index in [0.29, 0.717) is 12.3 Å². The van der Waals surface area contributed by atoms with Gasteiger partial charge in [-0.2, -0.15) is 0 Å². The average Bonchev–Trinajstić information content (AvgIpc) is 3.13. The highest BCUT2D eigenvalue weighted by molar-refractivity contribution is 7.86. The van der Waals surface area contributed by atoms with Gasteiger partial charge in [0.05, 0.1) is 0 Å². The summed E-state index contributed by atoms with van der Waals surface area (Å²) in [5, 5.41) is 9.03. The smallest absolute Gasteiger partial charge is 0.191 e. The van der Waals surface area contributed by atoms with Crippen molar-refractivity contribution in [3.63, 3.8) is 0 Å². The highest BCUT2D eigenvalue weighted by Gasteiger charge is 2.34. The molecule has 2 N–H and O–H groups in total. The van der Waals surface area contributed by atoms with Crippen LogP contribution in [0.3, 0.4) is 0 Å². The molecule has 0 aromatic carbocycles. The van der Waals surface area contributed by atoms with Crippen LogP contribution in [-0.4, -0.2) is 40.8 Å². The second-order valence-electron chi connectivity index (χ2n) is 7.83. The lowest BCUT2D eigenvalue weighted by molar-refractivity contribution is 0.296. The van der Waals surface area contributed by atoms with E-state index in [1.165, 1.54) is 37.0 Å². The summed E-state index contributed by atoms with van der Waals surface area (Å²) in [5.41, 5.74) is 0.234. The minimum Gasteiger partial charge on any atom is -0.355 e. The van der Waals surface area contributed by atoms with Gasteiger partial charge in [0.15, 0.2) is 5.96 Å². The number of nitrogens with zero attached hydrogens (tertiary/aromatic N) is 1. The standard InChI is InChI=1S/C19H33N3OS2/c1-18(2,3)25(23)14-12-21-17(20-4)22-15-19(10-6-5-7-11-19)16-9-8-13-24-16/h8-9,13H,5-7,10-12,14-15H2,1-4H3,(H2,20,21,22). The molecule has 0 spiro atoms. The first kappa shape index (κ1) is 20.4. The zero-order valence-electron chi connectivity index (χ0n) is 16.1. The third-order valence-electron chi connectivity index (χ3n) is 4.94. The van der Waals surface area contributed by atoms with Gasteiger partial charge in [-0.25, -0.2) is 0 Å². The van der Waals surface area contributed by atoms with Gasteiger partial charge >= 0.3 is 0 Å². The first-order valence-corrected chi connectivity index (χ1v) is 11.4. The second kappa shape index (κ2) is 9.17. The van der Waals surface area contributed by atoms with Crippen LogP contribution in [0.5, 0.6) is 0 Å². The van der Waals surface area contributed by atoms with Crippen LogP contribution >= 0.6 is 11.3 Å². The molecule has 1 atom stereocenters. The first-order chi connectivity index (χ1) is 11.9. The number of nitrogens with one attached hydrogen (secondary N) is 2. The van der Waals surface area contributed by atoms with Crippen molar-refractivity contribution in [1.82, 2.24) is 10.6 Å². The molecule has 0 aliphatic heterocycles. The molecule has 1 aromatic heterocycles. The van der Waals surface area contributed by atoms with E-state index in [4.69, 9.17) is 0 Å². The number of hydrogen-bond donors (Lipinski definition) is 2. The predicted octanol–water partition coefficient (Wildman–Crippen LogP) is 3.66. The van der Waals surface area contributed by atoms with E-state index < -0.39 is 10.8 Å². The highest BCUT2D eigenvalue weighted by Crippen LogP contribution is 2.41. The van der Waals surface area contributed by atoms with E-state index in [-0.39, 0.29) is 10.2 Å². The molecule has 1 fully saturated rings. The van der Waals surface area contributed by atoms with Crippen LogP contribution in [-0.2, 0) is 16.2 Å². The van der Waals surface area contributed by atoms with Gasteiger partial charge in [-0.05, 0) is 45.1 Å². The van der Waals surface area contributed by atoms with Crippen molar-refractivity contribution in [2.24, 2.45) is 4.99 Å². The Balaban J connectivity index is 1.89. The molecule has 4 nitrogen and oxygen atoms in total. The van der Waals surface area contributed by atoms with Gasteiger partial charge in [-0.3, -0.25) is 9.20 Å². The maximum atomic E-state index is 12.2. The fraction of sp³-hybridized carbons (Fsp3) is 0.737. The van der Waals surface area contributed by atoms with Crippen LogP contribution in [0, 0.1) is 0 Å². The van der Waals surface area contributed by atoms with Crippen molar-refractivity contribution in [1.29, 1.82) is 0 Å². The summed E-state index contributed by atoms with van der Waals surface area (Å²) < 4.78 is 12.0. The zero-order valence-corrected chi connectivity index (χ0v) is 17.7. The Labute approximate surface area is 159 Å². The molecule has 1 aliphatic rings. The third-order valence-corrected chi connectivity index (χ3v) is 7.99. The van der Waals surface area contributed by atoms with Crippen LogP contribution < -0.4 is 10.6 Å². The van der Waals surface area contributed by atoms with Gasteiger partial charge in [-0.15, -0.1) is 11.3 Å². The van der Waals surface area contributed by atoms with Gasteiger partial charge in [-0.1, -0.05) is 25.3 Å². The Morgan fingerprint density at radius 2 is 2.00 bits per heavy atom. The lowest BCUT2D eigenvalue weighted by Gasteiger charge is -2.37. The maximum absolute atomic E-state index is 12.2. The summed E-state index contributed by atoms with van der Waals surface area (Å²) in [6.07, 6.45) is 6.43. The molecule has 25 heavy (non-hydrogen) atoms. The van der Waals surface area contributed by atoms with E-state index in [2.05, 4.69) is 33.1 Å². The SMILES string of the molecule is CN=C(NCCS(=O)C(C)(C)C)NCC1(c2cccs2)CCCCC1. The van der Waals surface area contributed by atoms with Crippen LogP contribution in [0.4, 0.5) is 0 Å². The summed E-state index contributed by atoms with van der Waals surface area (Å²) in [6.45, 7) is 7.64. The summed E-state index contributed by atoms with van der Waals surface area (Å²) >= 11 is 1.87. The van der Waals surface area contributed by atoms with E-state index in [0.717, 1.165) is 12.5 Å². The van der Waals surface area contributed by atoms with Gasteiger partial charge in [0.2, 0.25) is 0 Å². The molecule has 1 unspecified atom stereocenters. The number of aliphatic imine (C=N–C) groups is 1. The van der Waals surface area contributed by atoms with E-state index in [1.807, 2.05) is 32.1 Å². The van der Waals surface area contributed by atoms with Gasteiger partial charge in [0, 0.05) is 51.7 Å². The molecular formula is C19H33N3OS2. The third kappa shape index (κ3) is 5.81. The average molecular weight is 384 g/mol. The summed E-state index contributed by atoms with van der Waals surface area (Å²) in [5.74, 6) is 1.45. The number of guanidine groups is 1. The predicted molar refractivity (Wildman–Crippen MR) is 111 cm³/mol. The Bertz CT molecular complexity index is 570. The lowest BCUT2D eigenvalue weighted by atomic mass is 9.73. The van der Waals surface area contributed by atoms with Crippen molar-refractivity contribution in [2.75, 3.05) is 25.9 Å². The van der Waals surface area contributed by atoms with Crippen LogP contribution in [0.25, 0.3) is 0 Å². The number of rotatable bonds is 6. The largest absolute Gasteiger partial charge is 0.355 e. The number of thiophene rings is 1. The van der Waals surface area contributed by atoms with Crippen LogP contribution in [0.1, 0.15) is 57.8 Å². The number of hydrogen-bond acceptors (Lipinski definition) is 3. The first-order valence-electron chi connectivity index (χ1n) is 9.24. The van der Waals surface area contributed by atoms with Crippen molar-refractivity contribution in [2.45, 2.75) is 63.0 Å². The second-order valence-corrected chi connectivity index (χ2v) is 11.1. The maximum Gasteiger partial charge on any atom is 0.191 e. The summed E-state index contributed by atoms with van der Waals surface area (Å²) in [7, 11) is 0.960. The summed E-state index contributed by atoms with van der Waals surface area (Å²) in [6, 6.07) is 4.44. The quantitative estimate of drug-likeness (QED) is 0.582. The molecule has 0 radical (unpaired) electrons. The Morgan fingerprint density at radius 1 is 1.28 bits per heavy atom. The molecule has 142 valence electrons. The van der Waals surface area contributed by atoms with Crippen molar-refractivity contribution < 1.29 is 4.21 Å². The van der Waals surface area contributed by atoms with Crippen LogP contribution in [0.2, 0.25) is 0 Å². The monoisotopic (exact) mass is 383 g/mol. The lowest BCUT2D eigenvalue weighted by Crippen LogP contribution is -2.47. The van der Waals surface area contributed by atoms with E-state index in [9.17, 15) is 4.21 Å². The molecule has 1 aliphatic carbocycles. The van der Waals surface area contributed by atoms with Crippen LogP contribution in [0.15, 0.2) is 22.5 Å². The van der Waals surface area contributed by atoms with Gasteiger partial charge < -0.3 is 10.6 Å². The fourth-order valence-corrected chi connectivity index (χ4v) is 5.25. The van der Waals surface area contributed by atoms with Gasteiger partial charge in [0.1, 0.15) is 0 Å². The summed E-state index contributed by atoms with van der Waals surface area (Å²) in [4.78, 5) is 5.83. The Hall–Kier alpha value is -0.880. The minimum absolute atomic E-state index is 0.163. The minimum atomic E-state index is -0.840. The molecule has 1 saturated carbocycles. The van der Waals surface area contributed by atoms with Crippen molar-refractivity contribution in [3.8, 4) is 0 Å². The molecule has 6 heteroatoms. The van der Waals surface area contributed by atoms with Crippen molar-refractivity contribution in [3.05, 3.63) is 22.4 Å². The molecule has 0 saturated heterocycles. The molecule has 1 heterocycles. The van der Waals surface area contributed by atoms with Crippen molar-refractivity contribution >= 4 is 28.1 Å². The zero-order chi connectivity index (χ0) is 18.3. The van der Waals surface area contributed by atoms with E-state index >= 15 is 0 Å². The normalized spacial score (nSPS) is 19.4.